The first-order valence-electron chi connectivity index (χ1n) is 7.90. The van der Waals surface area contributed by atoms with E-state index in [2.05, 4.69) is 56.7 Å². The van der Waals surface area contributed by atoms with Gasteiger partial charge in [-0.1, -0.05) is 44.4 Å². The molecule has 0 saturated heterocycles. The third-order valence-corrected chi connectivity index (χ3v) is 4.81. The van der Waals surface area contributed by atoms with Crippen molar-refractivity contribution < 1.29 is 0 Å². The number of benzene rings is 1. The summed E-state index contributed by atoms with van der Waals surface area (Å²) in [5.41, 5.74) is 2.39. The third-order valence-electron chi connectivity index (χ3n) is 4.81. The Morgan fingerprint density at radius 1 is 1.35 bits per heavy atom. The van der Waals surface area contributed by atoms with Crippen LogP contribution in [0.3, 0.4) is 0 Å². The zero-order valence-corrected chi connectivity index (χ0v) is 12.8. The lowest BCUT2D eigenvalue weighted by Gasteiger charge is -2.30. The van der Waals surface area contributed by atoms with Gasteiger partial charge in [-0.15, -0.1) is 13.0 Å². The first-order chi connectivity index (χ1) is 9.71. The minimum absolute atomic E-state index is 0.583. The number of allylic oxidation sites excluding steroid dienone is 1. The number of hydrogen-bond donors (Lipinski definition) is 0. The Morgan fingerprint density at radius 2 is 2.00 bits per heavy atom. The van der Waals surface area contributed by atoms with E-state index in [0.717, 1.165) is 17.4 Å². The smallest absolute Gasteiger partial charge is 0.0242 e. The van der Waals surface area contributed by atoms with Crippen molar-refractivity contribution in [2.45, 2.75) is 45.4 Å². The molecule has 1 saturated carbocycles. The van der Waals surface area contributed by atoms with Gasteiger partial charge in [0.2, 0.25) is 0 Å². The van der Waals surface area contributed by atoms with Crippen LogP contribution in [0.25, 0.3) is 0 Å². The molecule has 20 heavy (non-hydrogen) atoms. The summed E-state index contributed by atoms with van der Waals surface area (Å²) in [6, 6.07) is 8.57. The number of terminal acetylenes is 1. The standard InChI is InChI=1S/C20H26/c1-5-8-20(18-11-9-16(6-2)10-12-18)19(7-3)15(4)17-13-14-17/h2,7,9-12,15,17,19-20H,3,5,8,13-14H2,1,4H3. The van der Waals surface area contributed by atoms with Crippen molar-refractivity contribution in [1.29, 1.82) is 0 Å². The highest BCUT2D eigenvalue weighted by Gasteiger charge is 2.35. The fourth-order valence-electron chi connectivity index (χ4n) is 3.40. The molecular formula is C20H26. The van der Waals surface area contributed by atoms with Crippen LogP contribution in [0.4, 0.5) is 0 Å². The predicted molar refractivity (Wildman–Crippen MR) is 87.6 cm³/mol. The zero-order chi connectivity index (χ0) is 14.5. The Bertz CT molecular complexity index is 470. The molecule has 1 fully saturated rings. The van der Waals surface area contributed by atoms with Gasteiger partial charge in [0.05, 0.1) is 0 Å². The van der Waals surface area contributed by atoms with E-state index in [1.807, 2.05) is 0 Å². The second-order valence-corrected chi connectivity index (χ2v) is 6.17. The fourth-order valence-corrected chi connectivity index (χ4v) is 3.40. The van der Waals surface area contributed by atoms with Crippen LogP contribution in [0.15, 0.2) is 36.9 Å². The molecule has 1 aliphatic rings. The van der Waals surface area contributed by atoms with Crippen LogP contribution < -0.4 is 0 Å². The SMILES string of the molecule is C#Cc1ccc(C(CCC)C(C=C)C(C)C2CC2)cc1. The lowest BCUT2D eigenvalue weighted by Crippen LogP contribution is -2.20. The van der Waals surface area contributed by atoms with Crippen LogP contribution in [0, 0.1) is 30.1 Å². The van der Waals surface area contributed by atoms with Gasteiger partial charge < -0.3 is 0 Å². The minimum Gasteiger partial charge on any atom is -0.115 e. The number of hydrogen-bond acceptors (Lipinski definition) is 0. The van der Waals surface area contributed by atoms with Crippen LogP contribution in [0.5, 0.6) is 0 Å². The molecule has 0 bridgehead atoms. The molecule has 3 unspecified atom stereocenters. The molecule has 106 valence electrons. The molecule has 1 aromatic rings. The highest BCUT2D eigenvalue weighted by molar-refractivity contribution is 5.35. The maximum atomic E-state index is 5.45. The molecule has 2 rings (SSSR count). The van der Waals surface area contributed by atoms with E-state index in [9.17, 15) is 0 Å². The van der Waals surface area contributed by atoms with Crippen molar-refractivity contribution in [1.82, 2.24) is 0 Å². The van der Waals surface area contributed by atoms with Gasteiger partial charge in [0.15, 0.2) is 0 Å². The molecule has 0 heteroatoms. The predicted octanol–water partition coefficient (Wildman–Crippen LogP) is 5.40. The van der Waals surface area contributed by atoms with E-state index < -0.39 is 0 Å². The first-order valence-corrected chi connectivity index (χ1v) is 7.90. The van der Waals surface area contributed by atoms with Crippen LogP contribution in [0.1, 0.15) is 56.6 Å². The molecule has 0 aliphatic heterocycles. The maximum absolute atomic E-state index is 5.45. The van der Waals surface area contributed by atoms with Crippen molar-refractivity contribution in [2.75, 3.05) is 0 Å². The van der Waals surface area contributed by atoms with Crippen LogP contribution in [0.2, 0.25) is 0 Å². The topological polar surface area (TPSA) is 0 Å². The summed E-state index contributed by atoms with van der Waals surface area (Å²) < 4.78 is 0. The molecule has 0 radical (unpaired) electrons. The lowest BCUT2D eigenvalue weighted by molar-refractivity contribution is 0.315. The maximum Gasteiger partial charge on any atom is 0.0242 e. The molecule has 0 aromatic heterocycles. The Kier molecular flexibility index (Phi) is 5.07. The molecule has 0 nitrogen and oxygen atoms in total. The summed E-state index contributed by atoms with van der Waals surface area (Å²) in [4.78, 5) is 0. The Balaban J connectivity index is 2.23. The summed E-state index contributed by atoms with van der Waals surface area (Å²) in [7, 11) is 0. The van der Waals surface area contributed by atoms with Crippen LogP contribution >= 0.6 is 0 Å². The van der Waals surface area contributed by atoms with E-state index in [-0.39, 0.29) is 0 Å². The molecule has 0 heterocycles. The van der Waals surface area contributed by atoms with E-state index in [4.69, 9.17) is 6.42 Å². The van der Waals surface area contributed by atoms with Gasteiger partial charge in [-0.3, -0.25) is 0 Å². The quantitative estimate of drug-likeness (QED) is 0.458. The molecule has 0 spiro atoms. The van der Waals surface area contributed by atoms with Crippen LogP contribution in [-0.2, 0) is 0 Å². The second kappa shape index (κ2) is 6.80. The van der Waals surface area contributed by atoms with Crippen molar-refractivity contribution in [2.24, 2.45) is 17.8 Å². The largest absolute Gasteiger partial charge is 0.115 e. The van der Waals surface area contributed by atoms with Crippen molar-refractivity contribution in [3.8, 4) is 12.3 Å². The highest BCUT2D eigenvalue weighted by atomic mass is 14.4. The van der Waals surface area contributed by atoms with E-state index >= 15 is 0 Å². The van der Waals surface area contributed by atoms with Crippen molar-refractivity contribution in [3.05, 3.63) is 48.0 Å². The molecule has 1 aromatic carbocycles. The normalized spacial score (nSPS) is 18.9. The van der Waals surface area contributed by atoms with Gasteiger partial charge in [0, 0.05) is 5.56 Å². The highest BCUT2D eigenvalue weighted by Crippen LogP contribution is 2.46. The molecule has 0 N–H and O–H groups in total. The van der Waals surface area contributed by atoms with Gasteiger partial charge in [-0.05, 0) is 60.6 Å². The van der Waals surface area contributed by atoms with E-state index in [0.29, 0.717) is 11.8 Å². The van der Waals surface area contributed by atoms with E-state index in [1.54, 1.807) is 0 Å². The second-order valence-electron chi connectivity index (χ2n) is 6.17. The van der Waals surface area contributed by atoms with Gasteiger partial charge >= 0.3 is 0 Å². The Labute approximate surface area is 124 Å². The molecular weight excluding hydrogens is 240 g/mol. The summed E-state index contributed by atoms with van der Waals surface area (Å²) in [6.07, 6.45) is 12.9. The van der Waals surface area contributed by atoms with Gasteiger partial charge in [0.1, 0.15) is 0 Å². The summed E-state index contributed by atoms with van der Waals surface area (Å²) in [6.45, 7) is 8.80. The van der Waals surface area contributed by atoms with Crippen molar-refractivity contribution in [3.63, 3.8) is 0 Å². The summed E-state index contributed by atoms with van der Waals surface area (Å²) in [5.74, 6) is 5.53. The van der Waals surface area contributed by atoms with Crippen molar-refractivity contribution >= 4 is 0 Å². The summed E-state index contributed by atoms with van der Waals surface area (Å²) >= 11 is 0. The molecule has 3 atom stereocenters. The lowest BCUT2D eigenvalue weighted by atomic mass is 9.74. The Morgan fingerprint density at radius 3 is 2.45 bits per heavy atom. The fraction of sp³-hybridized carbons (Fsp3) is 0.500. The molecule has 1 aliphatic carbocycles. The zero-order valence-electron chi connectivity index (χ0n) is 12.8. The van der Waals surface area contributed by atoms with E-state index in [1.165, 1.54) is 31.2 Å². The average molecular weight is 266 g/mol. The first kappa shape index (κ1) is 14.9. The average Bonchev–Trinajstić information content (AvgIpc) is 3.32. The Hall–Kier alpha value is -1.48. The van der Waals surface area contributed by atoms with Gasteiger partial charge in [-0.2, -0.15) is 0 Å². The monoisotopic (exact) mass is 266 g/mol. The number of rotatable bonds is 7. The molecule has 0 amide bonds. The third kappa shape index (κ3) is 3.34. The summed E-state index contributed by atoms with van der Waals surface area (Å²) in [5, 5.41) is 0. The van der Waals surface area contributed by atoms with Gasteiger partial charge in [0.25, 0.3) is 0 Å². The van der Waals surface area contributed by atoms with Crippen LogP contribution in [-0.4, -0.2) is 0 Å². The minimum atomic E-state index is 0.583. The van der Waals surface area contributed by atoms with Gasteiger partial charge in [-0.25, -0.2) is 0 Å².